The highest BCUT2D eigenvalue weighted by molar-refractivity contribution is 5.90. The fraction of sp³-hybridized carbons (Fsp3) is 0.615. The second-order valence-corrected chi connectivity index (χ2v) is 4.54. The van der Waals surface area contributed by atoms with Crippen LogP contribution >= 0.6 is 0 Å². The number of ketones is 1. The molecule has 3 atom stereocenters. The van der Waals surface area contributed by atoms with Crippen LogP contribution in [0.15, 0.2) is 24.3 Å². The van der Waals surface area contributed by atoms with Crippen LogP contribution in [0.1, 0.15) is 32.6 Å². The van der Waals surface area contributed by atoms with Crippen molar-refractivity contribution in [1.82, 2.24) is 0 Å². The molecule has 2 fully saturated rings. The van der Waals surface area contributed by atoms with Gasteiger partial charge in [0, 0.05) is 6.42 Å². The fourth-order valence-corrected chi connectivity index (χ4v) is 2.26. The van der Waals surface area contributed by atoms with Crippen molar-refractivity contribution in [2.24, 2.45) is 0 Å². The van der Waals surface area contributed by atoms with Gasteiger partial charge in [-0.1, -0.05) is 24.3 Å². The van der Waals surface area contributed by atoms with E-state index in [2.05, 4.69) is 18.2 Å². The smallest absolute Gasteiger partial charge is 0.167 e. The van der Waals surface area contributed by atoms with Gasteiger partial charge in [-0.25, -0.2) is 0 Å². The molecule has 0 bridgehead atoms. The first-order valence-corrected chi connectivity index (χ1v) is 5.84. The molecule has 1 aliphatic heterocycles. The Morgan fingerprint density at radius 1 is 1.50 bits per heavy atom. The van der Waals surface area contributed by atoms with Gasteiger partial charge in [0.15, 0.2) is 5.78 Å². The zero-order valence-electron chi connectivity index (χ0n) is 9.56. The highest BCUT2D eigenvalue weighted by atomic mass is 16.6. The third kappa shape index (κ3) is 2.25. The molecule has 2 aliphatic rings. The van der Waals surface area contributed by atoms with E-state index in [0.717, 1.165) is 12.8 Å². The summed E-state index contributed by atoms with van der Waals surface area (Å²) in [6, 6.07) is 0. The topological polar surface area (TPSA) is 49.8 Å². The maximum atomic E-state index is 11.3. The van der Waals surface area contributed by atoms with Gasteiger partial charge in [-0.15, -0.1) is 0 Å². The highest BCUT2D eigenvalue weighted by Crippen LogP contribution is 2.45. The lowest BCUT2D eigenvalue weighted by molar-refractivity contribution is -0.124. The minimum absolute atomic E-state index is 0.0606. The maximum absolute atomic E-state index is 11.3. The van der Waals surface area contributed by atoms with Crippen LogP contribution < -0.4 is 0 Å². The summed E-state index contributed by atoms with van der Waals surface area (Å²) >= 11 is 0. The van der Waals surface area contributed by atoms with Crippen LogP contribution in [-0.2, 0) is 9.53 Å². The van der Waals surface area contributed by atoms with Gasteiger partial charge in [0.1, 0.15) is 17.8 Å². The largest absolute Gasteiger partial charge is 0.387 e. The van der Waals surface area contributed by atoms with Crippen molar-refractivity contribution < 1.29 is 14.6 Å². The van der Waals surface area contributed by atoms with Crippen molar-refractivity contribution in [3.05, 3.63) is 24.3 Å². The van der Waals surface area contributed by atoms with Crippen molar-refractivity contribution >= 4 is 5.78 Å². The minimum atomic E-state index is -0.896. The van der Waals surface area contributed by atoms with Gasteiger partial charge in [-0.2, -0.15) is 0 Å². The molecule has 88 valence electrons. The molecule has 0 aromatic rings. The Balaban J connectivity index is 1.74. The zero-order chi connectivity index (χ0) is 11.6. The number of allylic oxidation sites excluding steroid dienone is 4. The van der Waals surface area contributed by atoms with Gasteiger partial charge >= 0.3 is 0 Å². The average molecular weight is 222 g/mol. The fourth-order valence-electron chi connectivity index (χ4n) is 2.26. The Hall–Kier alpha value is -0.930. The Morgan fingerprint density at radius 2 is 2.31 bits per heavy atom. The van der Waals surface area contributed by atoms with Crippen molar-refractivity contribution in [2.75, 3.05) is 0 Å². The first kappa shape index (κ1) is 11.6. The van der Waals surface area contributed by atoms with Crippen LogP contribution in [-0.4, -0.2) is 28.7 Å². The average Bonchev–Trinajstić information content (AvgIpc) is 2.99. The van der Waals surface area contributed by atoms with Crippen molar-refractivity contribution in [1.29, 1.82) is 0 Å². The number of fused-ring (bicyclic) bond motifs is 1. The molecule has 0 unspecified atom stereocenters. The Morgan fingerprint density at radius 3 is 2.88 bits per heavy atom. The summed E-state index contributed by atoms with van der Waals surface area (Å²) in [7, 11) is 0. The Kier molecular flexibility index (Phi) is 3.26. The highest BCUT2D eigenvalue weighted by Gasteiger charge is 2.64. The first-order valence-electron chi connectivity index (χ1n) is 5.84. The lowest BCUT2D eigenvalue weighted by Gasteiger charge is -2.21. The molecular formula is C13H18O3. The van der Waals surface area contributed by atoms with Crippen molar-refractivity contribution in [3.8, 4) is 0 Å². The number of epoxide rings is 1. The van der Waals surface area contributed by atoms with Gasteiger partial charge in [-0.3, -0.25) is 4.79 Å². The zero-order valence-corrected chi connectivity index (χ0v) is 9.56. The molecule has 0 amide bonds. The molecule has 1 heterocycles. The van der Waals surface area contributed by atoms with Gasteiger partial charge < -0.3 is 9.84 Å². The van der Waals surface area contributed by atoms with E-state index < -0.39 is 5.60 Å². The van der Waals surface area contributed by atoms with E-state index in [0.29, 0.717) is 6.42 Å². The van der Waals surface area contributed by atoms with E-state index in [1.807, 2.05) is 13.0 Å². The van der Waals surface area contributed by atoms with Crippen molar-refractivity contribution in [3.63, 3.8) is 0 Å². The van der Waals surface area contributed by atoms with Gasteiger partial charge in [0.25, 0.3) is 0 Å². The van der Waals surface area contributed by atoms with Crippen LogP contribution in [0.4, 0.5) is 0 Å². The molecule has 0 spiro atoms. The molecule has 2 rings (SSSR count). The normalized spacial score (nSPS) is 37.5. The van der Waals surface area contributed by atoms with Crippen LogP contribution in [0, 0.1) is 0 Å². The SMILES string of the molecule is C/C=C/C/C=C/CC[C@]1(O)CC(=O)[C@H]2O[C@H]21. The molecule has 1 saturated heterocycles. The number of carbonyl (C=O) groups is 1. The summed E-state index contributed by atoms with van der Waals surface area (Å²) in [5.41, 5.74) is -0.896. The number of carbonyl (C=O) groups excluding carboxylic acids is 1. The molecule has 0 aromatic carbocycles. The lowest BCUT2D eigenvalue weighted by Crippen LogP contribution is -2.32. The second kappa shape index (κ2) is 4.52. The summed E-state index contributed by atoms with van der Waals surface area (Å²) in [5.74, 6) is 0.0606. The minimum Gasteiger partial charge on any atom is -0.387 e. The molecule has 16 heavy (non-hydrogen) atoms. The quantitative estimate of drug-likeness (QED) is 0.569. The van der Waals surface area contributed by atoms with E-state index in [1.165, 1.54) is 0 Å². The van der Waals surface area contributed by atoms with Gasteiger partial charge in [0.05, 0.1) is 0 Å². The Labute approximate surface area is 95.8 Å². The molecule has 1 aliphatic carbocycles. The maximum Gasteiger partial charge on any atom is 0.167 e. The number of hydrogen-bond donors (Lipinski definition) is 1. The van der Waals surface area contributed by atoms with E-state index in [9.17, 15) is 9.90 Å². The summed E-state index contributed by atoms with van der Waals surface area (Å²) in [4.78, 5) is 11.3. The molecular weight excluding hydrogens is 204 g/mol. The van der Waals surface area contributed by atoms with Crippen LogP contribution in [0.2, 0.25) is 0 Å². The summed E-state index contributed by atoms with van der Waals surface area (Å²) in [6.45, 7) is 1.99. The molecule has 0 aromatic heterocycles. The summed E-state index contributed by atoms with van der Waals surface area (Å²) in [6.07, 6.45) is 10.3. The van der Waals surface area contributed by atoms with E-state index in [4.69, 9.17) is 4.74 Å². The van der Waals surface area contributed by atoms with Crippen LogP contribution in [0.25, 0.3) is 0 Å². The third-order valence-electron chi connectivity index (χ3n) is 3.24. The molecule has 3 nitrogen and oxygen atoms in total. The van der Waals surface area contributed by atoms with E-state index >= 15 is 0 Å². The third-order valence-corrected chi connectivity index (χ3v) is 3.24. The van der Waals surface area contributed by atoms with E-state index in [-0.39, 0.29) is 24.4 Å². The summed E-state index contributed by atoms with van der Waals surface area (Å²) < 4.78 is 5.14. The van der Waals surface area contributed by atoms with Crippen molar-refractivity contribution in [2.45, 2.75) is 50.4 Å². The molecule has 3 heteroatoms. The number of Topliss-reactive ketones (excluding diaryl/α,β-unsaturated/α-hetero) is 1. The molecule has 1 N–H and O–H groups in total. The number of aliphatic hydroxyl groups is 1. The summed E-state index contributed by atoms with van der Waals surface area (Å²) in [5, 5.41) is 10.2. The predicted molar refractivity (Wildman–Crippen MR) is 61.0 cm³/mol. The lowest BCUT2D eigenvalue weighted by atomic mass is 9.95. The molecule has 1 saturated carbocycles. The molecule has 0 radical (unpaired) electrons. The van der Waals surface area contributed by atoms with Crippen LogP contribution in [0.5, 0.6) is 0 Å². The monoisotopic (exact) mass is 222 g/mol. The number of ether oxygens (including phenoxy) is 1. The number of hydrogen-bond acceptors (Lipinski definition) is 3. The standard InChI is InChI=1S/C13H18O3/c1-2-3-4-5-6-7-8-13(15)9-10(14)11-12(13)16-11/h2-3,5-6,11-12,15H,4,7-9H2,1H3/b3-2+,6-5+/t11-,12-,13+/m1/s1. The first-order chi connectivity index (χ1) is 7.67. The van der Waals surface area contributed by atoms with E-state index in [1.54, 1.807) is 0 Å². The number of rotatable bonds is 5. The van der Waals surface area contributed by atoms with Crippen LogP contribution in [0.3, 0.4) is 0 Å². The second-order valence-electron chi connectivity index (χ2n) is 4.54. The Bertz CT molecular complexity index is 332. The van der Waals surface area contributed by atoms with Gasteiger partial charge in [-0.05, 0) is 26.2 Å². The predicted octanol–water partition coefficient (Wildman–Crippen LogP) is 1.76. The van der Waals surface area contributed by atoms with Gasteiger partial charge in [0.2, 0.25) is 0 Å².